The first-order valence-electron chi connectivity index (χ1n) is 7.30. The van der Waals surface area contributed by atoms with Gasteiger partial charge in [-0.1, -0.05) is 11.8 Å². The van der Waals surface area contributed by atoms with Gasteiger partial charge in [-0.05, 0) is 39.1 Å². The number of hydrogen-bond acceptors (Lipinski definition) is 4. The molecule has 0 spiro atoms. The molecule has 2 rings (SSSR count). The number of thiophene rings is 1. The molecular weight excluding hydrogens is 268 g/mol. The van der Waals surface area contributed by atoms with Crippen LogP contribution in [0.15, 0.2) is 12.1 Å². The maximum Gasteiger partial charge on any atom is 0.0771 e. The molecule has 4 heteroatoms. The maximum absolute atomic E-state index is 8.73. The molecule has 110 valence electrons. The first-order valence-corrected chi connectivity index (χ1v) is 8.11. The quantitative estimate of drug-likeness (QED) is 0.863. The molecule has 2 heterocycles. The zero-order chi connectivity index (χ0) is 14.4. The molecule has 1 aliphatic rings. The molecule has 0 saturated carbocycles. The Balaban J connectivity index is 1.94. The summed E-state index contributed by atoms with van der Waals surface area (Å²) in [4.78, 5) is 7.48. The lowest BCUT2D eigenvalue weighted by molar-refractivity contribution is 0.196. The van der Waals surface area contributed by atoms with Gasteiger partial charge >= 0.3 is 0 Å². The molecule has 3 nitrogen and oxygen atoms in total. The molecule has 0 amide bonds. The van der Waals surface area contributed by atoms with Crippen LogP contribution in [0.1, 0.15) is 29.5 Å². The monoisotopic (exact) mass is 292 g/mol. The normalized spacial score (nSPS) is 21.2. The molecule has 1 N–H and O–H groups in total. The van der Waals surface area contributed by atoms with Crippen molar-refractivity contribution in [2.24, 2.45) is 0 Å². The van der Waals surface area contributed by atoms with Crippen LogP contribution in [-0.2, 0) is 6.54 Å². The Morgan fingerprint density at radius 3 is 3.05 bits per heavy atom. The van der Waals surface area contributed by atoms with Crippen molar-refractivity contribution in [2.45, 2.75) is 32.4 Å². The third-order valence-corrected chi connectivity index (χ3v) is 4.64. The predicted molar refractivity (Wildman–Crippen MR) is 84.9 cm³/mol. The highest BCUT2D eigenvalue weighted by Gasteiger charge is 2.19. The molecule has 1 aromatic rings. The molecule has 1 atom stereocenters. The number of aliphatic hydroxyl groups is 1. The van der Waals surface area contributed by atoms with Gasteiger partial charge < -0.3 is 10.0 Å². The first kappa shape index (κ1) is 15.5. The Kier molecular flexibility index (Phi) is 6.06. The molecule has 1 unspecified atom stereocenters. The van der Waals surface area contributed by atoms with Crippen LogP contribution in [0.5, 0.6) is 0 Å². The van der Waals surface area contributed by atoms with Crippen LogP contribution >= 0.6 is 11.3 Å². The van der Waals surface area contributed by atoms with Gasteiger partial charge in [0.05, 0.1) is 11.5 Å². The van der Waals surface area contributed by atoms with E-state index >= 15 is 0 Å². The summed E-state index contributed by atoms with van der Waals surface area (Å²) in [7, 11) is 2.21. The topological polar surface area (TPSA) is 26.7 Å². The number of aliphatic hydroxyl groups excluding tert-OH is 1. The van der Waals surface area contributed by atoms with Crippen LogP contribution in [0.25, 0.3) is 0 Å². The standard InChI is InChI=1S/C16H24N2OS/c1-14-12-17(2)9-5-10-18(14)13-16-8-7-15(20-16)6-3-4-11-19/h7-8,14,19H,4-5,9-13H2,1-2H3. The minimum atomic E-state index is 0.143. The van der Waals surface area contributed by atoms with Crippen LogP contribution in [0, 0.1) is 11.8 Å². The summed E-state index contributed by atoms with van der Waals surface area (Å²) in [6.45, 7) is 7.01. The first-order chi connectivity index (χ1) is 9.69. The lowest BCUT2D eigenvalue weighted by atomic mass is 10.2. The smallest absolute Gasteiger partial charge is 0.0771 e. The number of rotatable bonds is 3. The third-order valence-electron chi connectivity index (χ3n) is 3.65. The van der Waals surface area contributed by atoms with Gasteiger partial charge in [-0.3, -0.25) is 4.90 Å². The van der Waals surface area contributed by atoms with Gasteiger partial charge in [-0.25, -0.2) is 0 Å². The van der Waals surface area contributed by atoms with Gasteiger partial charge in [0.25, 0.3) is 0 Å². The molecule has 0 bridgehead atoms. The van der Waals surface area contributed by atoms with Crippen molar-refractivity contribution in [1.29, 1.82) is 0 Å². The molecule has 1 aromatic heterocycles. The van der Waals surface area contributed by atoms with Crippen LogP contribution in [-0.4, -0.2) is 54.2 Å². The molecule has 1 saturated heterocycles. The van der Waals surface area contributed by atoms with Crippen molar-refractivity contribution in [3.8, 4) is 11.8 Å². The Hall–Kier alpha value is -0.860. The second kappa shape index (κ2) is 7.80. The fourth-order valence-electron chi connectivity index (χ4n) is 2.59. The van der Waals surface area contributed by atoms with Crippen LogP contribution in [0.3, 0.4) is 0 Å². The van der Waals surface area contributed by atoms with Crippen molar-refractivity contribution in [2.75, 3.05) is 33.3 Å². The largest absolute Gasteiger partial charge is 0.395 e. The number of nitrogens with zero attached hydrogens (tertiary/aromatic N) is 2. The Labute approximate surface area is 126 Å². The summed E-state index contributed by atoms with van der Waals surface area (Å²) in [6, 6.07) is 4.89. The van der Waals surface area contributed by atoms with Gasteiger partial charge in [0, 0.05) is 37.0 Å². The summed E-state index contributed by atoms with van der Waals surface area (Å²) in [5, 5.41) is 8.73. The Bertz CT molecular complexity index is 474. The van der Waals surface area contributed by atoms with Crippen LogP contribution < -0.4 is 0 Å². The molecule has 0 aliphatic carbocycles. The van der Waals surface area contributed by atoms with E-state index in [9.17, 15) is 0 Å². The fourth-order valence-corrected chi connectivity index (χ4v) is 3.50. The average Bonchev–Trinajstić information content (AvgIpc) is 2.78. The predicted octanol–water partition coefficient (Wildman–Crippen LogP) is 2.01. The van der Waals surface area contributed by atoms with Crippen molar-refractivity contribution in [3.05, 3.63) is 21.9 Å². The molecule has 1 aliphatic heterocycles. The molecular formula is C16H24N2OS. The third kappa shape index (κ3) is 4.60. The van der Waals surface area contributed by atoms with Crippen molar-refractivity contribution in [3.63, 3.8) is 0 Å². The van der Waals surface area contributed by atoms with E-state index in [0.29, 0.717) is 12.5 Å². The second-order valence-electron chi connectivity index (χ2n) is 5.48. The molecule has 0 radical (unpaired) electrons. The minimum Gasteiger partial charge on any atom is -0.395 e. The van der Waals surface area contributed by atoms with Gasteiger partial charge in [-0.15, -0.1) is 11.3 Å². The van der Waals surface area contributed by atoms with E-state index in [1.54, 1.807) is 11.3 Å². The second-order valence-corrected chi connectivity index (χ2v) is 6.64. The molecule has 20 heavy (non-hydrogen) atoms. The Morgan fingerprint density at radius 1 is 1.40 bits per heavy atom. The summed E-state index contributed by atoms with van der Waals surface area (Å²) in [6.07, 6.45) is 1.80. The van der Waals surface area contributed by atoms with E-state index in [0.717, 1.165) is 18.0 Å². The van der Waals surface area contributed by atoms with E-state index in [-0.39, 0.29) is 6.61 Å². The SMILES string of the molecule is CC1CN(C)CCCN1Cc1ccc(C#CCCO)s1. The van der Waals surface area contributed by atoms with Crippen LogP contribution in [0.2, 0.25) is 0 Å². The lowest BCUT2D eigenvalue weighted by Crippen LogP contribution is -2.37. The van der Waals surface area contributed by atoms with E-state index in [1.807, 2.05) is 0 Å². The molecule has 0 aromatic carbocycles. The fraction of sp³-hybridized carbons (Fsp3) is 0.625. The average molecular weight is 292 g/mol. The zero-order valence-electron chi connectivity index (χ0n) is 12.4. The summed E-state index contributed by atoms with van der Waals surface area (Å²) >= 11 is 1.78. The van der Waals surface area contributed by atoms with E-state index in [1.165, 1.54) is 24.4 Å². The van der Waals surface area contributed by atoms with Crippen molar-refractivity contribution in [1.82, 2.24) is 9.80 Å². The molecule has 1 fully saturated rings. The summed E-state index contributed by atoms with van der Waals surface area (Å²) < 4.78 is 0. The van der Waals surface area contributed by atoms with Gasteiger partial charge in [0.15, 0.2) is 0 Å². The van der Waals surface area contributed by atoms with E-state index < -0.39 is 0 Å². The number of hydrogen-bond donors (Lipinski definition) is 1. The van der Waals surface area contributed by atoms with Crippen LogP contribution in [0.4, 0.5) is 0 Å². The van der Waals surface area contributed by atoms with Gasteiger partial charge in [0.2, 0.25) is 0 Å². The van der Waals surface area contributed by atoms with Crippen molar-refractivity contribution < 1.29 is 5.11 Å². The summed E-state index contributed by atoms with van der Waals surface area (Å²) in [5.74, 6) is 6.10. The van der Waals surface area contributed by atoms with Gasteiger partial charge in [-0.2, -0.15) is 0 Å². The van der Waals surface area contributed by atoms with E-state index in [2.05, 4.69) is 47.7 Å². The highest BCUT2D eigenvalue weighted by atomic mass is 32.1. The Morgan fingerprint density at radius 2 is 2.25 bits per heavy atom. The zero-order valence-corrected chi connectivity index (χ0v) is 13.2. The summed E-state index contributed by atoms with van der Waals surface area (Å²) in [5.41, 5.74) is 0. The van der Waals surface area contributed by atoms with Gasteiger partial charge in [0.1, 0.15) is 0 Å². The van der Waals surface area contributed by atoms with Crippen molar-refractivity contribution >= 4 is 11.3 Å². The maximum atomic E-state index is 8.73. The van der Waals surface area contributed by atoms with E-state index in [4.69, 9.17) is 5.11 Å². The number of likely N-dealkylation sites (N-methyl/N-ethyl adjacent to an activating group) is 1. The minimum absolute atomic E-state index is 0.143. The highest BCUT2D eigenvalue weighted by molar-refractivity contribution is 7.12. The lowest BCUT2D eigenvalue weighted by Gasteiger charge is -2.27. The highest BCUT2D eigenvalue weighted by Crippen LogP contribution is 2.20.